The Morgan fingerprint density at radius 2 is 1.62 bits per heavy atom. The minimum absolute atomic E-state index is 0. The molecule has 1 aromatic carbocycles. The molecule has 3 aliphatic heterocycles. The summed E-state index contributed by atoms with van der Waals surface area (Å²) in [5.74, 6) is 1.74. The van der Waals surface area contributed by atoms with Crippen molar-refractivity contribution in [2.75, 3.05) is 44.4 Å². The molecule has 0 atom stereocenters. The summed E-state index contributed by atoms with van der Waals surface area (Å²) in [6.45, 7) is 4.70. The zero-order valence-corrected chi connectivity index (χ0v) is 17.4. The van der Waals surface area contributed by atoms with E-state index in [0.29, 0.717) is 17.3 Å². The average Bonchev–Trinajstić information content (AvgIpc) is 3.28. The SMILES string of the molecule is Cl.Fc1ccc(C2(CCCN3CCC4(CC3)SCCS4)OCCO2)cc1. The number of hydrogen-bond donors (Lipinski definition) is 0. The number of likely N-dealkylation sites (tertiary alicyclic amines) is 1. The topological polar surface area (TPSA) is 21.7 Å². The van der Waals surface area contributed by atoms with Gasteiger partial charge in [0.05, 0.1) is 17.3 Å². The number of benzene rings is 1. The number of halogens is 2. The van der Waals surface area contributed by atoms with E-state index in [9.17, 15) is 4.39 Å². The molecule has 7 heteroatoms. The van der Waals surface area contributed by atoms with Gasteiger partial charge in [0, 0.05) is 36.6 Å². The number of rotatable bonds is 5. The number of hydrogen-bond acceptors (Lipinski definition) is 5. The Labute approximate surface area is 170 Å². The molecule has 3 heterocycles. The van der Waals surface area contributed by atoms with Crippen LogP contribution in [0.2, 0.25) is 0 Å². The zero-order valence-electron chi connectivity index (χ0n) is 15.0. The third kappa shape index (κ3) is 4.53. The lowest BCUT2D eigenvalue weighted by molar-refractivity contribution is -0.172. The van der Waals surface area contributed by atoms with Gasteiger partial charge in [-0.3, -0.25) is 0 Å². The Kier molecular flexibility index (Phi) is 7.19. The highest BCUT2D eigenvalue weighted by atomic mass is 35.5. The van der Waals surface area contributed by atoms with Crippen LogP contribution in [0.15, 0.2) is 24.3 Å². The van der Waals surface area contributed by atoms with E-state index in [1.807, 2.05) is 0 Å². The molecule has 0 radical (unpaired) electrons. The first-order valence-electron chi connectivity index (χ1n) is 9.24. The van der Waals surface area contributed by atoms with Gasteiger partial charge in [0.1, 0.15) is 5.82 Å². The van der Waals surface area contributed by atoms with Gasteiger partial charge in [-0.05, 0) is 37.9 Å². The van der Waals surface area contributed by atoms with Crippen LogP contribution in [0.1, 0.15) is 31.2 Å². The third-order valence-corrected chi connectivity index (χ3v) is 9.10. The van der Waals surface area contributed by atoms with E-state index in [1.54, 1.807) is 12.1 Å². The second-order valence-electron chi connectivity index (χ2n) is 7.01. The molecule has 146 valence electrons. The molecule has 0 aromatic heterocycles. The van der Waals surface area contributed by atoms with Gasteiger partial charge in [-0.15, -0.1) is 35.9 Å². The number of nitrogens with zero attached hydrogens (tertiary/aromatic N) is 1. The third-order valence-electron chi connectivity index (χ3n) is 5.45. The molecular formula is C19H27ClFNO2S2. The summed E-state index contributed by atoms with van der Waals surface area (Å²) in [5, 5.41) is 0. The van der Waals surface area contributed by atoms with E-state index in [4.69, 9.17) is 9.47 Å². The molecular weight excluding hydrogens is 393 g/mol. The maximum absolute atomic E-state index is 13.2. The van der Waals surface area contributed by atoms with Crippen LogP contribution in [0.25, 0.3) is 0 Å². The first-order valence-corrected chi connectivity index (χ1v) is 11.2. The van der Waals surface area contributed by atoms with E-state index >= 15 is 0 Å². The van der Waals surface area contributed by atoms with Crippen molar-refractivity contribution in [2.45, 2.75) is 35.5 Å². The fourth-order valence-corrected chi connectivity index (χ4v) is 7.24. The standard InChI is InChI=1S/C19H26FNO2S2.ClH/c20-17-4-2-16(3-5-17)19(22-12-13-23-19)6-1-9-21-10-7-18(8-11-21)24-14-15-25-18;/h2-5H,1,6-15H2;1H. The molecule has 3 nitrogen and oxygen atoms in total. The van der Waals surface area contributed by atoms with Gasteiger partial charge in [0.25, 0.3) is 0 Å². The zero-order chi connectivity index (χ0) is 17.2. The van der Waals surface area contributed by atoms with Gasteiger partial charge in [-0.1, -0.05) is 12.1 Å². The minimum Gasteiger partial charge on any atom is -0.343 e. The van der Waals surface area contributed by atoms with Crippen LogP contribution in [-0.2, 0) is 15.3 Å². The van der Waals surface area contributed by atoms with Crippen LogP contribution >= 0.6 is 35.9 Å². The van der Waals surface area contributed by atoms with Gasteiger partial charge in [0.2, 0.25) is 0 Å². The fourth-order valence-electron chi connectivity index (χ4n) is 4.05. The summed E-state index contributed by atoms with van der Waals surface area (Å²) >= 11 is 4.35. The molecule has 0 bridgehead atoms. The van der Waals surface area contributed by atoms with Crippen molar-refractivity contribution in [1.82, 2.24) is 4.90 Å². The molecule has 0 saturated carbocycles. The quantitative estimate of drug-likeness (QED) is 0.698. The smallest absolute Gasteiger partial charge is 0.195 e. The molecule has 1 aromatic rings. The highest BCUT2D eigenvalue weighted by molar-refractivity contribution is 8.21. The maximum Gasteiger partial charge on any atom is 0.195 e. The lowest BCUT2D eigenvalue weighted by Crippen LogP contribution is -2.40. The largest absolute Gasteiger partial charge is 0.343 e. The Morgan fingerprint density at radius 3 is 2.23 bits per heavy atom. The average molecular weight is 420 g/mol. The summed E-state index contributed by atoms with van der Waals surface area (Å²) in [5.41, 5.74) is 0.933. The molecule has 0 amide bonds. The normalized spacial score (nSPS) is 24.7. The van der Waals surface area contributed by atoms with Gasteiger partial charge < -0.3 is 14.4 Å². The molecule has 3 aliphatic rings. The van der Waals surface area contributed by atoms with E-state index < -0.39 is 5.79 Å². The summed E-state index contributed by atoms with van der Waals surface area (Å²) in [7, 11) is 0. The predicted molar refractivity (Wildman–Crippen MR) is 110 cm³/mol. The molecule has 26 heavy (non-hydrogen) atoms. The number of thioether (sulfide) groups is 2. The predicted octanol–water partition coefficient (Wildman–Crippen LogP) is 4.50. The second kappa shape index (κ2) is 9.01. The number of ether oxygens (including phenoxy) is 2. The summed E-state index contributed by atoms with van der Waals surface area (Å²) in [6.07, 6.45) is 4.46. The van der Waals surface area contributed by atoms with E-state index in [0.717, 1.165) is 24.9 Å². The van der Waals surface area contributed by atoms with Gasteiger partial charge in [-0.25, -0.2) is 4.39 Å². The van der Waals surface area contributed by atoms with Crippen LogP contribution in [0.5, 0.6) is 0 Å². The summed E-state index contributed by atoms with van der Waals surface area (Å²) < 4.78 is 25.7. The highest BCUT2D eigenvalue weighted by Gasteiger charge is 2.40. The Bertz CT molecular complexity index is 567. The van der Waals surface area contributed by atoms with Crippen LogP contribution in [-0.4, -0.2) is 53.3 Å². The van der Waals surface area contributed by atoms with E-state index in [1.165, 1.54) is 49.6 Å². The molecule has 0 N–H and O–H groups in total. The van der Waals surface area contributed by atoms with Crippen molar-refractivity contribution in [3.8, 4) is 0 Å². The van der Waals surface area contributed by atoms with Gasteiger partial charge >= 0.3 is 0 Å². The van der Waals surface area contributed by atoms with Gasteiger partial charge in [-0.2, -0.15) is 0 Å². The Morgan fingerprint density at radius 1 is 1.00 bits per heavy atom. The van der Waals surface area contributed by atoms with Crippen molar-refractivity contribution in [3.05, 3.63) is 35.6 Å². The molecule has 0 unspecified atom stereocenters. The fraction of sp³-hybridized carbons (Fsp3) is 0.684. The van der Waals surface area contributed by atoms with Crippen molar-refractivity contribution in [2.24, 2.45) is 0 Å². The molecule has 1 spiro atoms. The highest BCUT2D eigenvalue weighted by Crippen LogP contribution is 2.50. The molecule has 3 saturated heterocycles. The first-order chi connectivity index (χ1) is 12.2. The lowest BCUT2D eigenvalue weighted by atomic mass is 10.00. The Hall–Kier alpha value is 0.0200. The molecule has 4 rings (SSSR count). The molecule has 0 aliphatic carbocycles. The monoisotopic (exact) mass is 419 g/mol. The van der Waals surface area contributed by atoms with E-state index in [-0.39, 0.29) is 18.2 Å². The van der Waals surface area contributed by atoms with E-state index in [2.05, 4.69) is 28.4 Å². The maximum atomic E-state index is 13.2. The lowest BCUT2D eigenvalue weighted by Gasteiger charge is -2.38. The first kappa shape index (κ1) is 20.7. The van der Waals surface area contributed by atoms with Crippen LogP contribution < -0.4 is 0 Å². The summed E-state index contributed by atoms with van der Waals surface area (Å²) in [6, 6.07) is 6.56. The summed E-state index contributed by atoms with van der Waals surface area (Å²) in [4.78, 5) is 2.58. The minimum atomic E-state index is -0.679. The van der Waals surface area contributed by atoms with Crippen molar-refractivity contribution in [3.63, 3.8) is 0 Å². The second-order valence-corrected chi connectivity index (χ2v) is 10.2. The van der Waals surface area contributed by atoms with Crippen molar-refractivity contribution in [1.29, 1.82) is 0 Å². The van der Waals surface area contributed by atoms with Gasteiger partial charge in [0.15, 0.2) is 5.79 Å². The van der Waals surface area contributed by atoms with Crippen molar-refractivity contribution >= 4 is 35.9 Å². The Balaban J connectivity index is 0.00000196. The van der Waals surface area contributed by atoms with Crippen LogP contribution in [0.4, 0.5) is 4.39 Å². The van der Waals surface area contributed by atoms with Crippen molar-refractivity contribution < 1.29 is 13.9 Å². The molecule has 3 fully saturated rings. The number of piperidine rings is 1. The van der Waals surface area contributed by atoms with Crippen LogP contribution in [0.3, 0.4) is 0 Å². The van der Waals surface area contributed by atoms with Crippen LogP contribution in [0, 0.1) is 5.82 Å².